The number of benzene rings is 3. The number of anilines is 1. The highest BCUT2D eigenvalue weighted by Gasteiger charge is 2.13. The molecule has 3 aromatic carbocycles. The highest BCUT2D eigenvalue weighted by atomic mass is 35.5. The number of oxime groups is 1. The van der Waals surface area contributed by atoms with Gasteiger partial charge in [-0.15, -0.1) is 0 Å². The van der Waals surface area contributed by atoms with Crippen LogP contribution in [-0.4, -0.2) is 30.3 Å². The average Bonchev–Trinajstić information content (AvgIpc) is 2.82. The van der Waals surface area contributed by atoms with E-state index in [1.807, 2.05) is 25.1 Å². The number of rotatable bonds is 11. The van der Waals surface area contributed by atoms with E-state index in [4.69, 9.17) is 25.9 Å². The number of amides is 1. The standard InChI is InChI=1S/C24H22ClN3O6/c1-2-32-22-13-18(14-26-34-16-23(29)27-19-6-4-3-5-7-19)12-21(25)24(22)33-15-17-8-10-20(11-9-17)28(30)31/h3-14H,2,15-16H2,1H3,(H,27,29)/b26-14+. The number of halogens is 1. The number of carbonyl (C=O) groups is 1. The van der Waals surface area contributed by atoms with Gasteiger partial charge >= 0.3 is 0 Å². The van der Waals surface area contributed by atoms with Crippen LogP contribution in [0.25, 0.3) is 0 Å². The molecule has 176 valence electrons. The molecule has 1 amide bonds. The van der Waals surface area contributed by atoms with Crippen molar-refractivity contribution >= 4 is 35.1 Å². The maximum absolute atomic E-state index is 11.9. The number of para-hydroxylation sites is 1. The predicted octanol–water partition coefficient (Wildman–Crippen LogP) is 5.22. The van der Waals surface area contributed by atoms with Crippen molar-refractivity contribution in [2.45, 2.75) is 13.5 Å². The van der Waals surface area contributed by atoms with E-state index in [9.17, 15) is 14.9 Å². The molecule has 0 aromatic heterocycles. The number of nitrogens with one attached hydrogen (secondary N) is 1. The van der Waals surface area contributed by atoms with E-state index in [0.717, 1.165) is 5.56 Å². The Hall–Kier alpha value is -4.11. The topological polar surface area (TPSA) is 112 Å². The number of hydrogen-bond acceptors (Lipinski definition) is 7. The Balaban J connectivity index is 1.60. The summed E-state index contributed by atoms with van der Waals surface area (Å²) >= 11 is 6.40. The van der Waals surface area contributed by atoms with Crippen molar-refractivity contribution in [3.63, 3.8) is 0 Å². The molecule has 3 aromatic rings. The minimum absolute atomic E-state index is 0.000179. The molecule has 0 radical (unpaired) electrons. The summed E-state index contributed by atoms with van der Waals surface area (Å²) in [4.78, 5) is 27.3. The summed E-state index contributed by atoms with van der Waals surface area (Å²) in [5.74, 6) is 0.397. The maximum atomic E-state index is 11.9. The molecule has 0 bridgehead atoms. The molecule has 0 aliphatic heterocycles. The third-order valence-corrected chi connectivity index (χ3v) is 4.67. The first-order chi connectivity index (χ1) is 16.5. The number of carbonyl (C=O) groups excluding carboxylic acids is 1. The van der Waals surface area contributed by atoms with Crippen LogP contribution in [0.15, 0.2) is 71.9 Å². The van der Waals surface area contributed by atoms with Crippen molar-refractivity contribution in [1.82, 2.24) is 0 Å². The van der Waals surface area contributed by atoms with Gasteiger partial charge in [0.1, 0.15) is 6.61 Å². The summed E-state index contributed by atoms with van der Waals surface area (Å²) in [6.45, 7) is 2.09. The predicted molar refractivity (Wildman–Crippen MR) is 129 cm³/mol. The van der Waals surface area contributed by atoms with Crippen molar-refractivity contribution in [3.05, 3.63) is 93.0 Å². The first-order valence-electron chi connectivity index (χ1n) is 10.3. The molecule has 9 nitrogen and oxygen atoms in total. The third kappa shape index (κ3) is 7.21. The molecule has 10 heteroatoms. The van der Waals surface area contributed by atoms with E-state index in [1.54, 1.807) is 36.4 Å². The van der Waals surface area contributed by atoms with Crippen molar-refractivity contribution in [2.24, 2.45) is 5.16 Å². The number of nitrogens with zero attached hydrogens (tertiary/aromatic N) is 2. The van der Waals surface area contributed by atoms with Gasteiger partial charge < -0.3 is 19.6 Å². The fourth-order valence-electron chi connectivity index (χ4n) is 2.85. The lowest BCUT2D eigenvalue weighted by atomic mass is 10.2. The molecular weight excluding hydrogens is 462 g/mol. The van der Waals surface area contributed by atoms with Crippen LogP contribution in [0.5, 0.6) is 11.5 Å². The molecule has 0 unspecified atom stereocenters. The van der Waals surface area contributed by atoms with Crippen LogP contribution in [-0.2, 0) is 16.2 Å². The van der Waals surface area contributed by atoms with Crippen molar-refractivity contribution in [3.8, 4) is 11.5 Å². The van der Waals surface area contributed by atoms with Gasteiger partial charge in [0.05, 0.1) is 22.8 Å². The van der Waals surface area contributed by atoms with E-state index >= 15 is 0 Å². The Labute approximate surface area is 201 Å². The maximum Gasteiger partial charge on any atom is 0.269 e. The van der Waals surface area contributed by atoms with E-state index < -0.39 is 4.92 Å². The highest BCUT2D eigenvalue weighted by Crippen LogP contribution is 2.37. The van der Waals surface area contributed by atoms with Gasteiger partial charge in [0.15, 0.2) is 18.1 Å². The van der Waals surface area contributed by atoms with Gasteiger partial charge in [0, 0.05) is 23.4 Å². The van der Waals surface area contributed by atoms with Crippen LogP contribution >= 0.6 is 11.6 Å². The summed E-state index contributed by atoms with van der Waals surface area (Å²) in [7, 11) is 0. The van der Waals surface area contributed by atoms with E-state index in [-0.39, 0.29) is 29.8 Å². The van der Waals surface area contributed by atoms with Crippen LogP contribution in [0.2, 0.25) is 5.02 Å². The van der Waals surface area contributed by atoms with Gasteiger partial charge in [-0.2, -0.15) is 0 Å². The molecule has 0 aliphatic carbocycles. The van der Waals surface area contributed by atoms with Crippen LogP contribution in [0.4, 0.5) is 11.4 Å². The summed E-state index contributed by atoms with van der Waals surface area (Å²) in [5, 5.41) is 17.6. The monoisotopic (exact) mass is 483 g/mol. The van der Waals surface area contributed by atoms with Crippen molar-refractivity contribution < 1.29 is 24.0 Å². The van der Waals surface area contributed by atoms with Gasteiger partial charge in [-0.25, -0.2) is 0 Å². The van der Waals surface area contributed by atoms with Crippen LogP contribution < -0.4 is 14.8 Å². The zero-order valence-corrected chi connectivity index (χ0v) is 19.0. The zero-order valence-electron chi connectivity index (χ0n) is 18.3. The van der Waals surface area contributed by atoms with Crippen LogP contribution in [0, 0.1) is 10.1 Å². The minimum atomic E-state index is -0.464. The summed E-state index contributed by atoms with van der Waals surface area (Å²) < 4.78 is 11.5. The number of hydrogen-bond donors (Lipinski definition) is 1. The number of nitro groups is 1. The quantitative estimate of drug-likeness (QED) is 0.227. The molecule has 0 aliphatic rings. The first-order valence-corrected chi connectivity index (χ1v) is 10.7. The average molecular weight is 484 g/mol. The second kappa shape index (κ2) is 12.2. The van der Waals surface area contributed by atoms with E-state index in [1.165, 1.54) is 18.3 Å². The molecule has 0 atom stereocenters. The fourth-order valence-corrected chi connectivity index (χ4v) is 3.12. The molecule has 0 saturated heterocycles. The van der Waals surface area contributed by atoms with Gasteiger partial charge in [0.2, 0.25) is 0 Å². The first kappa shape index (κ1) is 24.5. The minimum Gasteiger partial charge on any atom is -0.490 e. The number of non-ortho nitro benzene ring substituents is 1. The Morgan fingerprint density at radius 1 is 1.12 bits per heavy atom. The van der Waals surface area contributed by atoms with E-state index in [0.29, 0.717) is 29.4 Å². The number of ether oxygens (including phenoxy) is 2. The Morgan fingerprint density at radius 2 is 1.85 bits per heavy atom. The van der Waals surface area contributed by atoms with Crippen LogP contribution in [0.3, 0.4) is 0 Å². The Bertz CT molecular complexity index is 1150. The second-order valence-corrected chi connectivity index (χ2v) is 7.30. The van der Waals surface area contributed by atoms with Gasteiger partial charge in [0.25, 0.3) is 11.6 Å². The van der Waals surface area contributed by atoms with Crippen molar-refractivity contribution in [1.29, 1.82) is 0 Å². The smallest absolute Gasteiger partial charge is 0.269 e. The summed E-state index contributed by atoms with van der Waals surface area (Å²) in [6, 6.07) is 18.3. The fraction of sp³-hybridized carbons (Fsp3) is 0.167. The molecule has 0 fully saturated rings. The van der Waals surface area contributed by atoms with Crippen LogP contribution in [0.1, 0.15) is 18.1 Å². The SMILES string of the molecule is CCOc1cc(/C=N/OCC(=O)Nc2ccccc2)cc(Cl)c1OCc1ccc([N+](=O)[O-])cc1. The van der Waals surface area contributed by atoms with Gasteiger partial charge in [-0.05, 0) is 48.9 Å². The molecule has 0 spiro atoms. The molecule has 0 saturated carbocycles. The zero-order chi connectivity index (χ0) is 24.3. The molecule has 1 N–H and O–H groups in total. The molecule has 0 heterocycles. The lowest BCUT2D eigenvalue weighted by molar-refractivity contribution is -0.384. The molecule has 3 rings (SSSR count). The normalized spacial score (nSPS) is 10.6. The second-order valence-electron chi connectivity index (χ2n) is 6.90. The third-order valence-electron chi connectivity index (χ3n) is 4.39. The Kier molecular flexibility index (Phi) is 8.81. The van der Waals surface area contributed by atoms with Crippen molar-refractivity contribution in [2.75, 3.05) is 18.5 Å². The summed E-state index contributed by atoms with van der Waals surface area (Å²) in [6.07, 6.45) is 1.41. The lowest BCUT2D eigenvalue weighted by Crippen LogP contribution is -2.16. The lowest BCUT2D eigenvalue weighted by Gasteiger charge is -2.14. The van der Waals surface area contributed by atoms with Gasteiger partial charge in [-0.3, -0.25) is 14.9 Å². The molecule has 34 heavy (non-hydrogen) atoms. The number of nitro benzene ring substituents is 1. The largest absolute Gasteiger partial charge is 0.490 e. The Morgan fingerprint density at radius 3 is 2.53 bits per heavy atom. The summed E-state index contributed by atoms with van der Waals surface area (Å²) in [5.41, 5.74) is 1.98. The van der Waals surface area contributed by atoms with Gasteiger partial charge in [-0.1, -0.05) is 35.0 Å². The van der Waals surface area contributed by atoms with E-state index in [2.05, 4.69) is 10.5 Å². The highest BCUT2D eigenvalue weighted by molar-refractivity contribution is 6.32. The molecular formula is C24H22ClN3O6.